The summed E-state index contributed by atoms with van der Waals surface area (Å²) >= 11 is 0. The van der Waals surface area contributed by atoms with E-state index in [-0.39, 0.29) is 78.7 Å². The number of ether oxygens (including phenoxy) is 3. The first-order chi connectivity index (χ1) is 40.0. The van der Waals surface area contributed by atoms with Gasteiger partial charge in [-0.15, -0.1) is 0 Å². The molecule has 3 heterocycles. The average Bonchev–Trinajstić information content (AvgIpc) is 2.32. The summed E-state index contributed by atoms with van der Waals surface area (Å²) in [4.78, 5) is 128. The Labute approximate surface area is 496 Å². The van der Waals surface area contributed by atoms with Crippen molar-refractivity contribution >= 4 is 59.2 Å². The molecule has 21 nitrogen and oxygen atoms in total. The summed E-state index contributed by atoms with van der Waals surface area (Å²) < 4.78 is 18.0. The molecule has 2 aromatic rings. The first-order valence-corrected chi connectivity index (χ1v) is 30.2. The maximum atomic E-state index is 14.7. The molecule has 3 aliphatic heterocycles. The number of imide groups is 1. The van der Waals surface area contributed by atoms with Crippen LogP contribution in [0.3, 0.4) is 0 Å². The highest BCUT2D eigenvalue weighted by molar-refractivity contribution is 6.12. The van der Waals surface area contributed by atoms with E-state index in [0.717, 1.165) is 43.2 Å². The van der Waals surface area contributed by atoms with Crippen molar-refractivity contribution in [3.8, 4) is 0 Å². The second-order valence-corrected chi connectivity index (χ2v) is 24.5. The van der Waals surface area contributed by atoms with Crippen LogP contribution in [0, 0.1) is 23.7 Å². The Morgan fingerprint density at radius 2 is 1.46 bits per heavy atom. The van der Waals surface area contributed by atoms with Gasteiger partial charge in [0.25, 0.3) is 11.8 Å². The number of nitrogens with zero attached hydrogens (tertiary/aromatic N) is 4. The monoisotopic (exact) mass is 1170 g/mol. The molecule has 2 aromatic carbocycles. The number of piperidine rings is 1. The Bertz CT molecular complexity index is 2610. The molecule has 7 unspecified atom stereocenters. The predicted octanol–water partition coefficient (Wildman–Crippen LogP) is 6.49. The SMILES string of the molecule is CCC(C)C(C(CC(=O)N1CCC[C@H]1C(OC)C(C)C(=O)NC(Cc1ccccc1)C(=O)Nc1ccc(CNC(=O)NCCCCCCN2C(=O)C=CC2=O)cc1)OC)N(C)C(=O)C(NC(=O)[C@@H]1[C@H]2CC[C@H](C2)N1C(=O)OC(C)(C)C)C(C)C. The summed E-state index contributed by atoms with van der Waals surface area (Å²) in [5.74, 6) is -3.68. The van der Waals surface area contributed by atoms with E-state index in [1.807, 2.05) is 58.0 Å². The topological polar surface area (TPSA) is 254 Å². The second-order valence-electron chi connectivity index (χ2n) is 24.5. The van der Waals surface area contributed by atoms with Crippen molar-refractivity contribution in [3.05, 3.63) is 77.9 Å². The molecule has 2 saturated heterocycles. The summed E-state index contributed by atoms with van der Waals surface area (Å²) in [6, 6.07) is 12.2. The normalized spacial score (nSPS) is 20.9. The van der Waals surface area contributed by atoms with E-state index in [0.29, 0.717) is 57.4 Å². The van der Waals surface area contributed by atoms with Crippen molar-refractivity contribution in [1.29, 1.82) is 0 Å². The summed E-state index contributed by atoms with van der Waals surface area (Å²) in [5.41, 5.74) is 1.37. The number of anilines is 1. The van der Waals surface area contributed by atoms with Crippen LogP contribution in [0.1, 0.15) is 137 Å². The Hall–Kier alpha value is -6.87. The molecular weight excluding hydrogens is 1070 g/mol. The maximum absolute atomic E-state index is 14.7. The molecule has 10 amide bonds. The van der Waals surface area contributed by atoms with Gasteiger partial charge >= 0.3 is 12.1 Å². The van der Waals surface area contributed by atoms with Crippen molar-refractivity contribution in [2.75, 3.05) is 46.2 Å². The smallest absolute Gasteiger partial charge is 0.411 e. The molecule has 4 aliphatic rings. The molecule has 21 heteroatoms. The van der Waals surface area contributed by atoms with Crippen LogP contribution in [0.5, 0.6) is 0 Å². The van der Waals surface area contributed by atoms with Crippen molar-refractivity contribution < 1.29 is 57.4 Å². The average molecular weight is 1170 g/mol. The zero-order chi connectivity index (χ0) is 61.4. The van der Waals surface area contributed by atoms with E-state index in [1.54, 1.807) is 73.7 Å². The highest BCUT2D eigenvalue weighted by atomic mass is 16.6. The minimum atomic E-state index is -0.991. The Balaban J connectivity index is 1.04. The third-order valence-electron chi connectivity index (χ3n) is 17.0. The van der Waals surface area contributed by atoms with E-state index in [9.17, 15) is 43.2 Å². The van der Waals surface area contributed by atoms with Gasteiger partial charge in [0.05, 0.1) is 36.6 Å². The molecule has 6 rings (SSSR count). The van der Waals surface area contributed by atoms with Crippen LogP contribution in [-0.2, 0) is 60.7 Å². The molecule has 0 aromatic heterocycles. The number of hydrogen-bond acceptors (Lipinski definition) is 12. The molecule has 2 bridgehead atoms. The Kier molecular flexibility index (Phi) is 24.3. The van der Waals surface area contributed by atoms with Crippen LogP contribution in [0.4, 0.5) is 15.3 Å². The number of hydrogen-bond donors (Lipinski definition) is 5. The third-order valence-corrected chi connectivity index (χ3v) is 17.0. The minimum absolute atomic E-state index is 0.0429. The summed E-state index contributed by atoms with van der Waals surface area (Å²) in [7, 11) is 4.73. The van der Waals surface area contributed by atoms with Crippen LogP contribution in [0.25, 0.3) is 0 Å². The number of nitrogens with one attached hydrogen (secondary N) is 5. The molecule has 1 aliphatic carbocycles. The molecule has 1 saturated carbocycles. The van der Waals surface area contributed by atoms with E-state index in [2.05, 4.69) is 26.6 Å². The van der Waals surface area contributed by atoms with Gasteiger partial charge in [0, 0.05) is 77.7 Å². The standard InChI is InChI=1S/C63H93N9O12/c1-12-40(4)54(69(9)60(79)53(39(2)3)68-59(78)55-44-26-29-46(36-44)72(55)62(81)84-63(6,7)8)49(82-10)37-52(75)70-34-20-23-48(70)56(83-11)41(5)57(76)67-47(35-42-21-16-15-17-22-42)58(77)66-45-27-24-43(25-28-45)38-65-61(80)64-32-18-13-14-19-33-71-50(73)30-31-51(71)74/h15-17,21-22,24-25,27-28,30-31,39-41,44,46-49,53-56H,12-14,18-20,23,26,29,32-38H2,1-11H3,(H,66,77)(H,67,76)(H,68,78)(H2,64,65,80)/t40?,41?,44-,46+,47?,48-,49?,53?,54?,55-,56?/m0/s1. The van der Waals surface area contributed by atoms with Gasteiger partial charge in [0.2, 0.25) is 29.5 Å². The van der Waals surface area contributed by atoms with Crippen LogP contribution in [0.15, 0.2) is 66.7 Å². The molecule has 11 atom stereocenters. The summed E-state index contributed by atoms with van der Waals surface area (Å²) in [6.45, 7) is 16.4. The molecule has 84 heavy (non-hydrogen) atoms. The molecule has 0 spiro atoms. The second kappa shape index (κ2) is 30.8. The molecule has 3 fully saturated rings. The quantitative estimate of drug-likeness (QED) is 0.0433. The fourth-order valence-electron chi connectivity index (χ4n) is 12.3. The number of methoxy groups -OCH3 is 2. The van der Waals surface area contributed by atoms with Crippen molar-refractivity contribution in [1.82, 2.24) is 40.9 Å². The van der Waals surface area contributed by atoms with E-state index in [4.69, 9.17) is 14.2 Å². The zero-order valence-corrected chi connectivity index (χ0v) is 51.3. The predicted molar refractivity (Wildman–Crippen MR) is 318 cm³/mol. The maximum Gasteiger partial charge on any atom is 0.411 e. The fraction of sp³-hybridized carbons (Fsp3) is 0.635. The van der Waals surface area contributed by atoms with Gasteiger partial charge in [0.1, 0.15) is 23.7 Å². The molecule has 5 N–H and O–H groups in total. The number of urea groups is 1. The number of likely N-dealkylation sites (tertiary alicyclic amines) is 2. The molecular formula is C63H93N9O12. The number of rotatable bonds is 29. The lowest BCUT2D eigenvalue weighted by molar-refractivity contribution is -0.148. The van der Waals surface area contributed by atoms with Crippen LogP contribution < -0.4 is 26.6 Å². The highest BCUT2D eigenvalue weighted by Crippen LogP contribution is 2.43. The number of benzene rings is 2. The van der Waals surface area contributed by atoms with Gasteiger partial charge in [-0.25, -0.2) is 9.59 Å². The van der Waals surface area contributed by atoms with Crippen LogP contribution in [0.2, 0.25) is 0 Å². The number of carbonyl (C=O) groups is 9. The summed E-state index contributed by atoms with van der Waals surface area (Å²) in [6.07, 6.45) is 7.92. The van der Waals surface area contributed by atoms with Gasteiger partial charge in [-0.2, -0.15) is 0 Å². The first kappa shape index (κ1) is 66.3. The number of likely N-dealkylation sites (N-methyl/N-ethyl adjacent to an activating group) is 1. The van der Waals surface area contributed by atoms with E-state index < -0.39 is 71.8 Å². The Morgan fingerprint density at radius 3 is 2.10 bits per heavy atom. The van der Waals surface area contributed by atoms with E-state index in [1.165, 1.54) is 31.3 Å². The van der Waals surface area contributed by atoms with Crippen molar-refractivity contribution in [2.24, 2.45) is 23.7 Å². The van der Waals surface area contributed by atoms with Gasteiger partial charge in [0.15, 0.2) is 0 Å². The third kappa shape index (κ3) is 17.6. The van der Waals surface area contributed by atoms with Crippen molar-refractivity contribution in [2.45, 2.75) is 193 Å². The Morgan fingerprint density at radius 1 is 0.786 bits per heavy atom. The largest absolute Gasteiger partial charge is 0.444 e. The first-order valence-electron chi connectivity index (χ1n) is 30.2. The lowest BCUT2D eigenvalue weighted by Crippen LogP contribution is -2.61. The van der Waals surface area contributed by atoms with Crippen LogP contribution >= 0.6 is 0 Å². The highest BCUT2D eigenvalue weighted by Gasteiger charge is 2.53. The van der Waals surface area contributed by atoms with Gasteiger partial charge < -0.3 is 50.6 Å². The van der Waals surface area contributed by atoms with Crippen LogP contribution in [-0.4, -0.2) is 168 Å². The number of unbranched alkanes of at least 4 members (excludes halogenated alkanes) is 3. The van der Waals surface area contributed by atoms with E-state index >= 15 is 0 Å². The number of fused-ring (bicyclic) bond motifs is 2. The lowest BCUT2D eigenvalue weighted by Gasteiger charge is -2.41. The lowest BCUT2D eigenvalue weighted by atomic mass is 9.89. The minimum Gasteiger partial charge on any atom is -0.444 e. The fourth-order valence-corrected chi connectivity index (χ4v) is 12.3. The molecule has 462 valence electrons. The number of carbonyl (C=O) groups excluding carboxylic acids is 9. The van der Waals surface area contributed by atoms with Gasteiger partial charge in [-0.3, -0.25) is 43.4 Å². The van der Waals surface area contributed by atoms with Gasteiger partial charge in [-0.05, 0) is 107 Å². The molecule has 0 radical (unpaired) electrons. The van der Waals surface area contributed by atoms with Gasteiger partial charge in [-0.1, -0.05) is 96.3 Å². The zero-order valence-electron chi connectivity index (χ0n) is 51.3. The number of amides is 10. The summed E-state index contributed by atoms with van der Waals surface area (Å²) in [5, 5.41) is 14.7. The van der Waals surface area contributed by atoms with Crippen molar-refractivity contribution in [3.63, 3.8) is 0 Å².